The van der Waals surface area contributed by atoms with Gasteiger partial charge in [0.1, 0.15) is 11.7 Å². The normalized spacial score (nSPS) is 32.7. The summed E-state index contributed by atoms with van der Waals surface area (Å²) >= 11 is 0. The van der Waals surface area contributed by atoms with Crippen molar-refractivity contribution in [1.82, 2.24) is 0 Å². The molecule has 0 aromatic rings. The minimum absolute atomic E-state index is 0.252. The maximum atomic E-state index is 11.7. The third-order valence-corrected chi connectivity index (χ3v) is 3.80. The smallest absolute Gasteiger partial charge is 0.477 e. The highest BCUT2D eigenvalue weighted by atomic mass is 16.4. The zero-order chi connectivity index (χ0) is 13.5. The van der Waals surface area contributed by atoms with E-state index >= 15 is 0 Å². The first-order valence-corrected chi connectivity index (χ1v) is 5.69. The quantitative estimate of drug-likeness (QED) is 0.729. The largest absolute Gasteiger partial charge is 0.519 e. The Bertz CT molecular complexity index is 382. The molecule has 1 aliphatic heterocycles. The molecule has 1 aliphatic rings. The standard InChI is InChI=1S/C12H19NO4/c1-5-12(9(14)15)7-6-8-13(12,10(16)17)11(2,3)4/h6,8H,5,7H2,1-4H3,(H-,14,15,16,17)/p+1/t12-,13?/m0/s1. The van der Waals surface area contributed by atoms with Crippen LogP contribution in [0.1, 0.15) is 40.5 Å². The fourth-order valence-electron chi connectivity index (χ4n) is 2.88. The van der Waals surface area contributed by atoms with Crippen LogP contribution < -0.4 is 0 Å². The highest BCUT2D eigenvalue weighted by Crippen LogP contribution is 2.45. The van der Waals surface area contributed by atoms with E-state index in [1.807, 2.05) is 0 Å². The number of hydrogen-bond donors (Lipinski definition) is 2. The summed E-state index contributed by atoms with van der Waals surface area (Å²) in [7, 11) is 0. The number of amides is 1. The van der Waals surface area contributed by atoms with Gasteiger partial charge in [0.25, 0.3) is 0 Å². The van der Waals surface area contributed by atoms with Gasteiger partial charge in [-0.25, -0.2) is 4.79 Å². The van der Waals surface area contributed by atoms with E-state index in [-0.39, 0.29) is 12.8 Å². The zero-order valence-corrected chi connectivity index (χ0v) is 10.7. The molecule has 1 unspecified atom stereocenters. The molecule has 0 spiro atoms. The van der Waals surface area contributed by atoms with Crippen LogP contribution in [0.2, 0.25) is 0 Å². The highest BCUT2D eigenvalue weighted by molar-refractivity contribution is 5.81. The summed E-state index contributed by atoms with van der Waals surface area (Å²) in [4.78, 5) is 23.3. The predicted molar refractivity (Wildman–Crippen MR) is 62.5 cm³/mol. The third kappa shape index (κ3) is 1.49. The Hall–Kier alpha value is -1.36. The lowest BCUT2D eigenvalue weighted by molar-refractivity contribution is -0.892. The number of rotatable bonds is 2. The maximum Gasteiger partial charge on any atom is 0.519 e. The van der Waals surface area contributed by atoms with E-state index in [4.69, 9.17) is 0 Å². The van der Waals surface area contributed by atoms with Gasteiger partial charge in [-0.15, -0.1) is 0 Å². The van der Waals surface area contributed by atoms with E-state index in [0.29, 0.717) is 0 Å². The average Bonchev–Trinajstić information content (AvgIpc) is 2.57. The van der Waals surface area contributed by atoms with E-state index in [2.05, 4.69) is 0 Å². The molecule has 96 valence electrons. The van der Waals surface area contributed by atoms with Gasteiger partial charge in [-0.1, -0.05) is 6.92 Å². The Kier molecular flexibility index (Phi) is 3.09. The summed E-state index contributed by atoms with van der Waals surface area (Å²) in [5.41, 5.74) is -2.02. The second-order valence-electron chi connectivity index (χ2n) is 5.46. The molecule has 0 fully saturated rings. The van der Waals surface area contributed by atoms with Gasteiger partial charge < -0.3 is 10.2 Å². The van der Waals surface area contributed by atoms with Crippen molar-refractivity contribution < 1.29 is 24.3 Å². The molecule has 1 amide bonds. The number of nitrogens with zero attached hydrogens (tertiary/aromatic N) is 1. The van der Waals surface area contributed by atoms with Crippen LogP contribution in [0.4, 0.5) is 4.79 Å². The Labute approximate surface area is 101 Å². The molecule has 5 heteroatoms. The molecule has 1 heterocycles. The van der Waals surface area contributed by atoms with Crippen molar-refractivity contribution in [3.8, 4) is 0 Å². The fraction of sp³-hybridized carbons (Fsp3) is 0.667. The zero-order valence-electron chi connectivity index (χ0n) is 10.7. The van der Waals surface area contributed by atoms with Gasteiger partial charge in [0.15, 0.2) is 0 Å². The molecule has 17 heavy (non-hydrogen) atoms. The van der Waals surface area contributed by atoms with Crippen molar-refractivity contribution >= 4 is 12.1 Å². The number of hydrogen-bond acceptors (Lipinski definition) is 2. The molecule has 0 radical (unpaired) electrons. The van der Waals surface area contributed by atoms with E-state index in [0.717, 1.165) is 0 Å². The maximum absolute atomic E-state index is 11.7. The van der Waals surface area contributed by atoms with Crippen molar-refractivity contribution in [3.05, 3.63) is 12.3 Å². The van der Waals surface area contributed by atoms with Crippen molar-refractivity contribution in [2.24, 2.45) is 0 Å². The van der Waals surface area contributed by atoms with Crippen LogP contribution in [-0.4, -0.2) is 37.8 Å². The van der Waals surface area contributed by atoms with Crippen molar-refractivity contribution in [2.45, 2.75) is 51.6 Å². The van der Waals surface area contributed by atoms with Crippen LogP contribution in [0.15, 0.2) is 12.3 Å². The topological polar surface area (TPSA) is 74.6 Å². The third-order valence-electron chi connectivity index (χ3n) is 3.80. The summed E-state index contributed by atoms with van der Waals surface area (Å²) in [5.74, 6) is -1.05. The second kappa shape index (κ2) is 3.84. The molecule has 0 saturated heterocycles. The van der Waals surface area contributed by atoms with Gasteiger partial charge in [-0.05, 0) is 26.8 Å². The van der Waals surface area contributed by atoms with E-state index in [1.54, 1.807) is 33.8 Å². The van der Waals surface area contributed by atoms with Crippen LogP contribution in [-0.2, 0) is 4.79 Å². The van der Waals surface area contributed by atoms with Crippen molar-refractivity contribution in [1.29, 1.82) is 0 Å². The molecule has 2 N–H and O–H groups in total. The molecule has 2 atom stereocenters. The summed E-state index contributed by atoms with van der Waals surface area (Å²) in [6, 6.07) is 0. The Morgan fingerprint density at radius 2 is 1.88 bits per heavy atom. The highest BCUT2D eigenvalue weighted by Gasteiger charge is 2.67. The number of carbonyl (C=O) groups is 2. The van der Waals surface area contributed by atoms with Gasteiger partial charge >= 0.3 is 12.1 Å². The molecule has 0 aliphatic carbocycles. The summed E-state index contributed by atoms with van der Waals surface area (Å²) in [5, 5.41) is 19.1. The molecular weight excluding hydrogens is 222 g/mol. The summed E-state index contributed by atoms with van der Waals surface area (Å²) in [6.07, 6.45) is 2.59. The van der Waals surface area contributed by atoms with Crippen LogP contribution in [0.3, 0.4) is 0 Å². The first-order valence-electron chi connectivity index (χ1n) is 5.69. The number of aliphatic carboxylic acids is 1. The van der Waals surface area contributed by atoms with Gasteiger partial charge in [0, 0.05) is 12.8 Å². The van der Waals surface area contributed by atoms with Gasteiger partial charge in [-0.2, -0.15) is 9.28 Å². The Balaban J connectivity index is 3.54. The summed E-state index contributed by atoms with van der Waals surface area (Å²) < 4.78 is -0.550. The SMILES string of the molecule is CC[C@@]1(C(=O)O)CC=C[N+]1(C(=O)O)C(C)(C)C. The predicted octanol–water partition coefficient (Wildman–Crippen LogP) is 2.43. The molecular formula is C12H20NO4+. The number of carboxylic acid groups (broad SMARTS) is 2. The summed E-state index contributed by atoms with van der Waals surface area (Å²) in [6.45, 7) is 6.99. The van der Waals surface area contributed by atoms with Crippen LogP contribution in [0, 0.1) is 0 Å². The van der Waals surface area contributed by atoms with Crippen LogP contribution in [0.25, 0.3) is 0 Å². The van der Waals surface area contributed by atoms with E-state index in [1.165, 1.54) is 6.20 Å². The second-order valence-corrected chi connectivity index (χ2v) is 5.46. The lowest BCUT2D eigenvalue weighted by Crippen LogP contribution is -2.72. The van der Waals surface area contributed by atoms with Crippen LogP contribution in [0.5, 0.6) is 0 Å². The molecule has 0 aromatic carbocycles. The number of carboxylic acids is 1. The molecule has 1 rings (SSSR count). The van der Waals surface area contributed by atoms with Gasteiger partial charge in [0.05, 0.1) is 0 Å². The minimum Gasteiger partial charge on any atom is -0.477 e. The van der Waals surface area contributed by atoms with Crippen LogP contribution >= 0.6 is 0 Å². The molecule has 0 saturated carbocycles. The first kappa shape index (κ1) is 13.7. The Morgan fingerprint density at radius 1 is 1.35 bits per heavy atom. The average molecular weight is 242 g/mol. The monoisotopic (exact) mass is 242 g/mol. The van der Waals surface area contributed by atoms with E-state index < -0.39 is 27.6 Å². The lowest BCUT2D eigenvalue weighted by atomic mass is 9.85. The minimum atomic E-state index is -1.30. The van der Waals surface area contributed by atoms with Crippen molar-refractivity contribution in [3.63, 3.8) is 0 Å². The molecule has 5 nitrogen and oxygen atoms in total. The van der Waals surface area contributed by atoms with Gasteiger partial charge in [0.2, 0.25) is 5.54 Å². The lowest BCUT2D eigenvalue weighted by Gasteiger charge is -2.48. The molecule has 0 aromatic heterocycles. The first-order chi connectivity index (χ1) is 7.65. The Morgan fingerprint density at radius 3 is 2.12 bits per heavy atom. The molecule has 0 bridgehead atoms. The van der Waals surface area contributed by atoms with E-state index in [9.17, 15) is 19.8 Å². The number of quaternary nitrogens is 1. The van der Waals surface area contributed by atoms with Gasteiger partial charge in [-0.3, -0.25) is 0 Å². The fourth-order valence-corrected chi connectivity index (χ4v) is 2.88. The van der Waals surface area contributed by atoms with Crippen molar-refractivity contribution in [2.75, 3.05) is 0 Å².